The number of hydrogen-bond donors (Lipinski definition) is 2. The van der Waals surface area contributed by atoms with Gasteiger partial charge in [-0.3, -0.25) is 9.59 Å². The molecule has 0 radical (unpaired) electrons. The molecule has 0 aliphatic heterocycles. The van der Waals surface area contributed by atoms with Gasteiger partial charge in [0, 0.05) is 0 Å². The van der Waals surface area contributed by atoms with Crippen LogP contribution in [-0.4, -0.2) is 26.6 Å². The SMILES string of the molecule is CCc1nnsc1C(=O)NC(c1ccccc1)C(C)C(=O)O. The molecular weight excluding hydrogens is 302 g/mol. The second kappa shape index (κ2) is 7.13. The topological polar surface area (TPSA) is 92.2 Å². The van der Waals surface area contributed by atoms with Crippen molar-refractivity contribution in [3.05, 3.63) is 46.5 Å². The number of carbonyl (C=O) groups excluding carboxylic acids is 1. The summed E-state index contributed by atoms with van der Waals surface area (Å²) in [5, 5.41) is 16.0. The van der Waals surface area contributed by atoms with Crippen molar-refractivity contribution in [2.45, 2.75) is 26.3 Å². The molecule has 7 heteroatoms. The third kappa shape index (κ3) is 3.48. The first-order valence-corrected chi connectivity index (χ1v) is 7.71. The molecule has 2 unspecified atom stereocenters. The van der Waals surface area contributed by atoms with Crippen molar-refractivity contribution < 1.29 is 14.7 Å². The lowest BCUT2D eigenvalue weighted by Gasteiger charge is -2.22. The van der Waals surface area contributed by atoms with Crippen LogP contribution in [0, 0.1) is 5.92 Å². The van der Waals surface area contributed by atoms with E-state index in [1.54, 1.807) is 19.1 Å². The van der Waals surface area contributed by atoms with Gasteiger partial charge in [0.25, 0.3) is 5.91 Å². The number of aromatic nitrogens is 2. The molecule has 2 aromatic rings. The molecule has 0 bridgehead atoms. The van der Waals surface area contributed by atoms with Gasteiger partial charge in [-0.25, -0.2) is 0 Å². The highest BCUT2D eigenvalue weighted by Crippen LogP contribution is 2.23. The highest BCUT2D eigenvalue weighted by molar-refractivity contribution is 7.08. The summed E-state index contributed by atoms with van der Waals surface area (Å²) in [5.74, 6) is -2.06. The fourth-order valence-corrected chi connectivity index (χ4v) is 2.77. The number of nitrogens with zero attached hydrogens (tertiary/aromatic N) is 2. The smallest absolute Gasteiger partial charge is 0.308 e. The zero-order chi connectivity index (χ0) is 16.1. The highest BCUT2D eigenvalue weighted by atomic mass is 32.1. The number of amides is 1. The van der Waals surface area contributed by atoms with Crippen LogP contribution in [0.3, 0.4) is 0 Å². The van der Waals surface area contributed by atoms with E-state index in [0.29, 0.717) is 17.0 Å². The van der Waals surface area contributed by atoms with Gasteiger partial charge in [0.1, 0.15) is 4.88 Å². The summed E-state index contributed by atoms with van der Waals surface area (Å²) < 4.78 is 3.79. The lowest BCUT2D eigenvalue weighted by Crippen LogP contribution is -2.35. The van der Waals surface area contributed by atoms with Crippen LogP contribution in [0.25, 0.3) is 0 Å². The molecule has 22 heavy (non-hydrogen) atoms. The maximum absolute atomic E-state index is 12.4. The summed E-state index contributed by atoms with van der Waals surface area (Å²) in [6, 6.07) is 8.46. The minimum Gasteiger partial charge on any atom is -0.481 e. The monoisotopic (exact) mass is 319 g/mol. The van der Waals surface area contributed by atoms with Crippen molar-refractivity contribution in [3.63, 3.8) is 0 Å². The van der Waals surface area contributed by atoms with Gasteiger partial charge in [0.15, 0.2) is 0 Å². The largest absolute Gasteiger partial charge is 0.481 e. The van der Waals surface area contributed by atoms with E-state index in [4.69, 9.17) is 0 Å². The van der Waals surface area contributed by atoms with Gasteiger partial charge in [0.2, 0.25) is 0 Å². The molecule has 0 aliphatic rings. The number of nitrogens with one attached hydrogen (secondary N) is 1. The molecule has 2 atom stereocenters. The van der Waals surface area contributed by atoms with Crippen molar-refractivity contribution >= 4 is 23.4 Å². The maximum atomic E-state index is 12.4. The van der Waals surface area contributed by atoms with Crippen molar-refractivity contribution in [1.82, 2.24) is 14.9 Å². The van der Waals surface area contributed by atoms with Crippen LogP contribution in [0.5, 0.6) is 0 Å². The summed E-state index contributed by atoms with van der Waals surface area (Å²) >= 11 is 1.02. The van der Waals surface area contributed by atoms with Gasteiger partial charge in [-0.05, 0) is 30.4 Å². The first kappa shape index (κ1) is 16.1. The number of aliphatic carboxylic acids is 1. The maximum Gasteiger partial charge on any atom is 0.308 e. The van der Waals surface area contributed by atoms with Crippen LogP contribution in [0.4, 0.5) is 0 Å². The first-order valence-electron chi connectivity index (χ1n) is 6.94. The average molecular weight is 319 g/mol. The Balaban J connectivity index is 2.27. The zero-order valence-corrected chi connectivity index (χ0v) is 13.1. The first-order chi connectivity index (χ1) is 10.5. The van der Waals surface area contributed by atoms with E-state index in [1.165, 1.54) is 0 Å². The Morgan fingerprint density at radius 1 is 1.32 bits per heavy atom. The van der Waals surface area contributed by atoms with Crippen LogP contribution < -0.4 is 5.32 Å². The molecule has 2 rings (SSSR count). The third-order valence-electron chi connectivity index (χ3n) is 3.43. The second-order valence-corrected chi connectivity index (χ2v) is 5.65. The minimum absolute atomic E-state index is 0.339. The van der Waals surface area contributed by atoms with E-state index in [-0.39, 0.29) is 5.91 Å². The zero-order valence-electron chi connectivity index (χ0n) is 12.3. The van der Waals surface area contributed by atoms with E-state index in [2.05, 4.69) is 14.9 Å². The standard InChI is InChI=1S/C15H17N3O3S/c1-3-11-13(22-18-17-11)14(19)16-12(9(2)15(20)21)10-7-5-4-6-8-10/h4-9,12H,3H2,1-2H3,(H,16,19)(H,20,21). The Morgan fingerprint density at radius 2 is 2.00 bits per heavy atom. The van der Waals surface area contributed by atoms with Crippen molar-refractivity contribution in [2.24, 2.45) is 5.92 Å². The van der Waals surface area contributed by atoms with Crippen molar-refractivity contribution in [1.29, 1.82) is 0 Å². The average Bonchev–Trinajstić information content (AvgIpc) is 3.01. The van der Waals surface area contributed by atoms with Gasteiger partial charge in [-0.15, -0.1) is 5.10 Å². The molecule has 6 nitrogen and oxygen atoms in total. The van der Waals surface area contributed by atoms with E-state index in [1.807, 2.05) is 25.1 Å². The van der Waals surface area contributed by atoms with Gasteiger partial charge in [0.05, 0.1) is 17.7 Å². The molecule has 1 aromatic heterocycles. The Hall–Kier alpha value is -2.28. The number of benzene rings is 1. The highest BCUT2D eigenvalue weighted by Gasteiger charge is 2.28. The fourth-order valence-electron chi connectivity index (χ4n) is 2.12. The van der Waals surface area contributed by atoms with E-state index in [0.717, 1.165) is 17.1 Å². The molecule has 0 aliphatic carbocycles. The van der Waals surface area contributed by atoms with Crippen LogP contribution in [0.2, 0.25) is 0 Å². The number of aryl methyl sites for hydroxylation is 1. The van der Waals surface area contributed by atoms with E-state index < -0.39 is 17.9 Å². The van der Waals surface area contributed by atoms with E-state index in [9.17, 15) is 14.7 Å². The number of rotatable bonds is 6. The Kier molecular flexibility index (Phi) is 5.21. The van der Waals surface area contributed by atoms with Gasteiger partial charge in [-0.2, -0.15) is 0 Å². The Bertz CT molecular complexity index is 657. The normalized spacial score (nSPS) is 13.4. The van der Waals surface area contributed by atoms with E-state index >= 15 is 0 Å². The number of carboxylic acid groups (broad SMARTS) is 1. The molecule has 0 saturated carbocycles. The van der Waals surface area contributed by atoms with Crippen LogP contribution in [-0.2, 0) is 11.2 Å². The van der Waals surface area contributed by atoms with Crippen LogP contribution >= 0.6 is 11.5 Å². The quantitative estimate of drug-likeness (QED) is 0.852. The van der Waals surface area contributed by atoms with Gasteiger partial charge >= 0.3 is 5.97 Å². The van der Waals surface area contributed by atoms with Crippen LogP contribution in [0.15, 0.2) is 30.3 Å². The van der Waals surface area contributed by atoms with Gasteiger partial charge in [-0.1, -0.05) is 41.7 Å². The molecule has 0 fully saturated rings. The molecule has 2 N–H and O–H groups in total. The molecule has 116 valence electrons. The lowest BCUT2D eigenvalue weighted by molar-refractivity contribution is -0.142. The summed E-state index contributed by atoms with van der Waals surface area (Å²) in [6.07, 6.45) is 0.601. The van der Waals surface area contributed by atoms with Crippen molar-refractivity contribution in [2.75, 3.05) is 0 Å². The lowest BCUT2D eigenvalue weighted by atomic mass is 9.94. The Labute approximate surface area is 132 Å². The van der Waals surface area contributed by atoms with Crippen LogP contribution in [0.1, 0.15) is 40.8 Å². The van der Waals surface area contributed by atoms with Gasteiger partial charge < -0.3 is 10.4 Å². The molecule has 0 spiro atoms. The molecule has 0 saturated heterocycles. The summed E-state index contributed by atoms with van der Waals surface area (Å²) in [7, 11) is 0. The predicted molar refractivity (Wildman–Crippen MR) is 82.7 cm³/mol. The summed E-state index contributed by atoms with van der Waals surface area (Å²) in [6.45, 7) is 3.47. The molecule has 1 heterocycles. The molecular formula is C15H17N3O3S. The fraction of sp³-hybridized carbons (Fsp3) is 0.333. The van der Waals surface area contributed by atoms with Crippen molar-refractivity contribution in [3.8, 4) is 0 Å². The third-order valence-corrected chi connectivity index (χ3v) is 4.20. The number of carboxylic acids is 1. The summed E-state index contributed by atoms with van der Waals surface area (Å²) in [5.41, 5.74) is 1.37. The minimum atomic E-state index is -0.965. The predicted octanol–water partition coefficient (Wildman–Crippen LogP) is 2.29. The number of hydrogen-bond acceptors (Lipinski definition) is 5. The Morgan fingerprint density at radius 3 is 2.59 bits per heavy atom. The summed E-state index contributed by atoms with van der Waals surface area (Å²) in [4.78, 5) is 24.2. The molecule has 1 amide bonds. The number of carbonyl (C=O) groups is 2. The molecule has 1 aromatic carbocycles. The second-order valence-electron chi connectivity index (χ2n) is 4.89.